The summed E-state index contributed by atoms with van der Waals surface area (Å²) in [5.74, 6) is 0. The van der Waals surface area contributed by atoms with E-state index in [1.165, 1.54) is 20.2 Å². The van der Waals surface area contributed by atoms with E-state index < -0.39 is 20.0 Å². The van der Waals surface area contributed by atoms with Crippen molar-refractivity contribution in [1.82, 2.24) is 8.61 Å². The van der Waals surface area contributed by atoms with Crippen LogP contribution in [0.4, 0.5) is 11.4 Å². The van der Waals surface area contributed by atoms with Crippen LogP contribution >= 0.6 is 12.2 Å². The molecule has 2 N–H and O–H groups in total. The van der Waals surface area contributed by atoms with Gasteiger partial charge in [-0.1, -0.05) is 25.0 Å². The molecule has 186 valence electrons. The number of hydrogen-bond donors (Lipinski definition) is 2. The van der Waals surface area contributed by atoms with Crippen LogP contribution in [0.2, 0.25) is 0 Å². The Morgan fingerprint density at radius 2 is 1.50 bits per heavy atom. The lowest BCUT2D eigenvalue weighted by Crippen LogP contribution is -2.32. The second kappa shape index (κ2) is 10.7. The van der Waals surface area contributed by atoms with Crippen molar-refractivity contribution in [3.05, 3.63) is 47.5 Å². The molecule has 1 heterocycles. The first-order valence-electron chi connectivity index (χ1n) is 11.1. The largest absolute Gasteiger partial charge is 0.332 e. The summed E-state index contributed by atoms with van der Waals surface area (Å²) >= 11 is 5.44. The highest BCUT2D eigenvalue weighted by molar-refractivity contribution is 7.89. The predicted octanol–water partition coefficient (Wildman–Crippen LogP) is 3.93. The molecule has 0 spiro atoms. The fourth-order valence-corrected chi connectivity index (χ4v) is 6.69. The molecule has 0 radical (unpaired) electrons. The Labute approximate surface area is 208 Å². The Bertz CT molecular complexity index is 1270. The van der Waals surface area contributed by atoms with Gasteiger partial charge in [0.25, 0.3) is 0 Å². The number of rotatable bonds is 6. The minimum absolute atomic E-state index is 0.148. The average molecular weight is 525 g/mol. The Morgan fingerprint density at radius 3 is 2.12 bits per heavy atom. The van der Waals surface area contributed by atoms with Gasteiger partial charge in [-0.15, -0.1) is 0 Å². The summed E-state index contributed by atoms with van der Waals surface area (Å²) in [4.78, 5) is 0.409. The van der Waals surface area contributed by atoms with Crippen LogP contribution in [0, 0.1) is 13.8 Å². The molecule has 1 aliphatic rings. The number of thiocarbonyl (C=S) groups is 1. The van der Waals surface area contributed by atoms with Crippen LogP contribution in [0.1, 0.15) is 36.8 Å². The molecule has 11 heteroatoms. The quantitative estimate of drug-likeness (QED) is 0.553. The molecule has 34 heavy (non-hydrogen) atoms. The molecule has 8 nitrogen and oxygen atoms in total. The lowest BCUT2D eigenvalue weighted by Gasteiger charge is -2.22. The van der Waals surface area contributed by atoms with Crippen LogP contribution in [-0.2, 0) is 20.0 Å². The molecule has 1 saturated heterocycles. The van der Waals surface area contributed by atoms with Crippen molar-refractivity contribution in [3.8, 4) is 0 Å². The second-order valence-corrected chi connectivity index (χ2v) is 13.1. The summed E-state index contributed by atoms with van der Waals surface area (Å²) in [7, 11) is -4.25. The fourth-order valence-electron chi connectivity index (χ4n) is 3.77. The molecule has 2 aromatic carbocycles. The van der Waals surface area contributed by atoms with Crippen molar-refractivity contribution in [2.24, 2.45) is 0 Å². The van der Waals surface area contributed by atoms with Gasteiger partial charge in [0, 0.05) is 38.6 Å². The number of benzene rings is 2. The van der Waals surface area contributed by atoms with E-state index in [2.05, 4.69) is 10.6 Å². The number of nitrogens with zero attached hydrogens (tertiary/aromatic N) is 2. The molecule has 0 bridgehead atoms. The smallest absolute Gasteiger partial charge is 0.243 e. The maximum Gasteiger partial charge on any atom is 0.243 e. The Hall–Kier alpha value is -2.05. The summed E-state index contributed by atoms with van der Waals surface area (Å²) in [5, 5.41) is 6.29. The van der Waals surface area contributed by atoms with Gasteiger partial charge >= 0.3 is 0 Å². The number of anilines is 2. The van der Waals surface area contributed by atoms with E-state index in [-0.39, 0.29) is 14.9 Å². The molecule has 0 saturated carbocycles. The van der Waals surface area contributed by atoms with Gasteiger partial charge in [-0.25, -0.2) is 21.1 Å². The minimum atomic E-state index is -3.61. The number of sulfonamides is 2. The standard InChI is InChI=1S/C23H32N4O4S3/c1-17-10-12-20(33(28,29)26(3)4)16-21(17)25-23(32)24-19-11-9-18(2)22(15-19)34(30,31)27-13-7-5-6-8-14-27/h9-12,15-16H,5-8,13-14H2,1-4H3,(H2,24,25,32). The summed E-state index contributed by atoms with van der Waals surface area (Å²) in [5.41, 5.74) is 2.57. The number of aryl methyl sites for hydroxylation is 2. The molecule has 2 aromatic rings. The first-order valence-corrected chi connectivity index (χ1v) is 14.4. The molecular weight excluding hydrogens is 492 g/mol. The fraction of sp³-hybridized carbons (Fsp3) is 0.435. The van der Waals surface area contributed by atoms with E-state index >= 15 is 0 Å². The van der Waals surface area contributed by atoms with Gasteiger partial charge in [0.05, 0.1) is 9.79 Å². The zero-order valence-electron chi connectivity index (χ0n) is 20.0. The zero-order chi connectivity index (χ0) is 25.1. The van der Waals surface area contributed by atoms with Crippen LogP contribution in [0.3, 0.4) is 0 Å². The number of nitrogens with one attached hydrogen (secondary N) is 2. The van der Waals surface area contributed by atoms with E-state index in [1.54, 1.807) is 41.6 Å². The van der Waals surface area contributed by atoms with Crippen molar-refractivity contribution in [3.63, 3.8) is 0 Å². The highest BCUT2D eigenvalue weighted by Gasteiger charge is 2.27. The van der Waals surface area contributed by atoms with Gasteiger partial charge in [-0.05, 0) is 74.3 Å². The Morgan fingerprint density at radius 1 is 0.882 bits per heavy atom. The van der Waals surface area contributed by atoms with Crippen LogP contribution < -0.4 is 10.6 Å². The maximum absolute atomic E-state index is 13.3. The minimum Gasteiger partial charge on any atom is -0.332 e. The third kappa shape index (κ3) is 5.95. The van der Waals surface area contributed by atoms with E-state index in [4.69, 9.17) is 12.2 Å². The van der Waals surface area contributed by atoms with Crippen LogP contribution in [0.25, 0.3) is 0 Å². The van der Waals surface area contributed by atoms with Crippen molar-refractivity contribution in [1.29, 1.82) is 0 Å². The van der Waals surface area contributed by atoms with E-state index in [9.17, 15) is 16.8 Å². The van der Waals surface area contributed by atoms with Crippen LogP contribution in [0.15, 0.2) is 46.2 Å². The van der Waals surface area contributed by atoms with Crippen molar-refractivity contribution < 1.29 is 16.8 Å². The normalized spacial score (nSPS) is 15.7. The molecule has 3 rings (SSSR count). The lowest BCUT2D eigenvalue weighted by molar-refractivity contribution is 0.423. The molecule has 0 aliphatic carbocycles. The SMILES string of the molecule is Cc1ccc(S(=O)(=O)N(C)C)cc1NC(=S)Nc1ccc(C)c(S(=O)(=O)N2CCCCCC2)c1. The van der Waals surface area contributed by atoms with E-state index in [0.29, 0.717) is 30.0 Å². The van der Waals surface area contributed by atoms with Gasteiger partial charge in [-0.3, -0.25) is 0 Å². The van der Waals surface area contributed by atoms with Crippen LogP contribution in [-0.4, -0.2) is 57.7 Å². The monoisotopic (exact) mass is 524 g/mol. The van der Waals surface area contributed by atoms with Crippen molar-refractivity contribution >= 4 is 48.8 Å². The zero-order valence-corrected chi connectivity index (χ0v) is 22.4. The summed E-state index contributed by atoms with van der Waals surface area (Å²) in [6.07, 6.45) is 3.82. The molecule has 0 aromatic heterocycles. The molecule has 0 amide bonds. The van der Waals surface area contributed by atoms with E-state index in [0.717, 1.165) is 35.6 Å². The predicted molar refractivity (Wildman–Crippen MR) is 140 cm³/mol. The number of hydrogen-bond acceptors (Lipinski definition) is 5. The highest BCUT2D eigenvalue weighted by atomic mass is 32.2. The van der Waals surface area contributed by atoms with Crippen molar-refractivity contribution in [2.45, 2.75) is 49.3 Å². The third-order valence-corrected chi connectivity index (χ3v) is 9.92. The lowest BCUT2D eigenvalue weighted by atomic mass is 10.2. The van der Waals surface area contributed by atoms with Gasteiger partial charge in [0.1, 0.15) is 0 Å². The molecule has 1 aliphatic heterocycles. The Kier molecular flexibility index (Phi) is 8.35. The summed E-state index contributed by atoms with van der Waals surface area (Å²) < 4.78 is 54.3. The molecule has 0 unspecified atom stereocenters. The highest BCUT2D eigenvalue weighted by Crippen LogP contribution is 2.27. The van der Waals surface area contributed by atoms with Crippen molar-refractivity contribution in [2.75, 3.05) is 37.8 Å². The molecule has 1 fully saturated rings. The van der Waals surface area contributed by atoms with E-state index in [1.807, 2.05) is 6.92 Å². The first-order chi connectivity index (χ1) is 15.9. The van der Waals surface area contributed by atoms with Crippen LogP contribution in [0.5, 0.6) is 0 Å². The van der Waals surface area contributed by atoms with Gasteiger partial charge in [0.15, 0.2) is 5.11 Å². The van der Waals surface area contributed by atoms with Gasteiger partial charge in [0.2, 0.25) is 20.0 Å². The first kappa shape index (κ1) is 26.6. The average Bonchev–Trinajstić information content (AvgIpc) is 3.06. The molecule has 0 atom stereocenters. The summed E-state index contributed by atoms with van der Waals surface area (Å²) in [6, 6.07) is 9.91. The summed E-state index contributed by atoms with van der Waals surface area (Å²) in [6.45, 7) is 4.69. The third-order valence-electron chi connectivity index (χ3n) is 5.86. The second-order valence-electron chi connectivity index (χ2n) is 8.64. The molecular formula is C23H32N4O4S3. The maximum atomic E-state index is 13.3. The topological polar surface area (TPSA) is 98.8 Å². The Balaban J connectivity index is 1.81. The van der Waals surface area contributed by atoms with Gasteiger partial charge < -0.3 is 10.6 Å². The van der Waals surface area contributed by atoms with Gasteiger partial charge in [-0.2, -0.15) is 4.31 Å².